The fourth-order valence-electron chi connectivity index (χ4n) is 3.26. The molecule has 8 heteroatoms. The Morgan fingerprint density at radius 3 is 2.48 bits per heavy atom. The number of aromatic nitrogens is 1. The number of sulfone groups is 1. The number of rotatable bonds is 6. The quantitative estimate of drug-likeness (QED) is 0.809. The molecular formula is C19H23N3O4S. The molecule has 1 aliphatic carbocycles. The summed E-state index contributed by atoms with van der Waals surface area (Å²) in [5.74, 6) is 1.32. The maximum Gasteiger partial charge on any atom is 0.273 e. The monoisotopic (exact) mass is 389 g/mol. The van der Waals surface area contributed by atoms with Crippen LogP contribution >= 0.6 is 0 Å². The molecule has 1 aromatic heterocycles. The lowest BCUT2D eigenvalue weighted by atomic mass is 10.1. The molecule has 1 aliphatic heterocycles. The molecule has 0 atom stereocenters. The van der Waals surface area contributed by atoms with Gasteiger partial charge in [0.2, 0.25) is 0 Å². The van der Waals surface area contributed by atoms with Crippen LogP contribution in [0.4, 0.5) is 0 Å². The molecule has 0 unspecified atom stereocenters. The Hall–Kier alpha value is -2.19. The molecule has 2 aliphatic rings. The third kappa shape index (κ3) is 4.56. The highest BCUT2D eigenvalue weighted by molar-refractivity contribution is 7.91. The first-order chi connectivity index (χ1) is 13.0. The summed E-state index contributed by atoms with van der Waals surface area (Å²) >= 11 is 0. The number of carbonyl (C=O) groups is 1. The van der Waals surface area contributed by atoms with Crippen molar-refractivity contribution in [1.82, 2.24) is 15.2 Å². The highest BCUT2D eigenvalue weighted by Crippen LogP contribution is 2.41. The molecule has 0 radical (unpaired) electrons. The summed E-state index contributed by atoms with van der Waals surface area (Å²) in [5.41, 5.74) is 2.54. The Balaban J connectivity index is 1.29. The van der Waals surface area contributed by atoms with Crippen LogP contribution in [0, 0.1) is 0 Å². The van der Waals surface area contributed by atoms with Crippen molar-refractivity contribution in [3.05, 3.63) is 53.2 Å². The second kappa shape index (κ2) is 7.44. The van der Waals surface area contributed by atoms with Crippen LogP contribution in [0.15, 0.2) is 35.1 Å². The molecular weight excluding hydrogens is 366 g/mol. The number of amides is 1. The van der Waals surface area contributed by atoms with E-state index in [2.05, 4.69) is 15.2 Å². The van der Waals surface area contributed by atoms with Crippen LogP contribution in [-0.2, 0) is 22.9 Å². The Bertz CT molecular complexity index is 903. The van der Waals surface area contributed by atoms with E-state index in [1.165, 1.54) is 6.39 Å². The van der Waals surface area contributed by atoms with Gasteiger partial charge in [0.05, 0.1) is 11.5 Å². The normalized spacial score (nSPS) is 19.7. The highest BCUT2D eigenvalue weighted by Gasteiger charge is 2.32. The summed E-state index contributed by atoms with van der Waals surface area (Å²) in [5, 5.41) is 2.90. The van der Waals surface area contributed by atoms with Crippen molar-refractivity contribution < 1.29 is 17.6 Å². The van der Waals surface area contributed by atoms with Gasteiger partial charge in [0.1, 0.15) is 5.76 Å². The molecule has 2 heterocycles. The third-order valence-corrected chi connectivity index (χ3v) is 6.69. The maximum atomic E-state index is 12.3. The maximum absolute atomic E-state index is 12.3. The molecule has 7 nitrogen and oxygen atoms in total. The second-order valence-electron chi connectivity index (χ2n) is 7.27. The molecule has 1 N–H and O–H groups in total. The number of benzene rings is 1. The molecule has 144 valence electrons. The third-order valence-electron chi connectivity index (χ3n) is 5.08. The van der Waals surface area contributed by atoms with Crippen molar-refractivity contribution in [3.8, 4) is 0 Å². The van der Waals surface area contributed by atoms with Gasteiger partial charge >= 0.3 is 0 Å². The van der Waals surface area contributed by atoms with E-state index >= 15 is 0 Å². The lowest BCUT2D eigenvalue weighted by Gasteiger charge is -2.26. The average molecular weight is 389 g/mol. The van der Waals surface area contributed by atoms with Crippen LogP contribution in [0.1, 0.15) is 46.1 Å². The number of nitrogens with zero attached hydrogens (tertiary/aromatic N) is 2. The zero-order chi connectivity index (χ0) is 18.9. The van der Waals surface area contributed by atoms with Crippen LogP contribution < -0.4 is 5.32 Å². The van der Waals surface area contributed by atoms with E-state index in [1.54, 1.807) is 0 Å². The highest BCUT2D eigenvalue weighted by atomic mass is 32.2. The Kier molecular flexibility index (Phi) is 5.01. The molecule has 27 heavy (non-hydrogen) atoms. The van der Waals surface area contributed by atoms with Gasteiger partial charge in [-0.25, -0.2) is 13.4 Å². The Labute approximate surface area is 158 Å². The van der Waals surface area contributed by atoms with Gasteiger partial charge in [-0.05, 0) is 24.0 Å². The van der Waals surface area contributed by atoms with E-state index in [1.807, 2.05) is 24.3 Å². The van der Waals surface area contributed by atoms with E-state index in [0.717, 1.165) is 30.5 Å². The van der Waals surface area contributed by atoms with Crippen LogP contribution in [-0.4, -0.2) is 48.8 Å². The topological polar surface area (TPSA) is 92.5 Å². The summed E-state index contributed by atoms with van der Waals surface area (Å²) in [6, 6.07) is 8.02. The van der Waals surface area contributed by atoms with Crippen molar-refractivity contribution in [2.45, 2.75) is 31.8 Å². The number of hydrogen-bond donors (Lipinski definition) is 1. The Morgan fingerprint density at radius 1 is 1.15 bits per heavy atom. The van der Waals surface area contributed by atoms with Gasteiger partial charge in [0.25, 0.3) is 5.91 Å². The van der Waals surface area contributed by atoms with Crippen LogP contribution in [0.25, 0.3) is 0 Å². The predicted octanol–water partition coefficient (Wildman–Crippen LogP) is 1.71. The summed E-state index contributed by atoms with van der Waals surface area (Å²) in [4.78, 5) is 18.5. The molecule has 1 saturated heterocycles. The SMILES string of the molecule is O=C(NCc1ccc(CN2CCS(=O)(=O)CC2)cc1)c1ncoc1C1CC1. The van der Waals surface area contributed by atoms with Crippen molar-refractivity contribution in [3.63, 3.8) is 0 Å². The molecule has 1 aromatic carbocycles. The summed E-state index contributed by atoms with van der Waals surface area (Å²) < 4.78 is 28.3. The van der Waals surface area contributed by atoms with Crippen molar-refractivity contribution in [2.75, 3.05) is 24.6 Å². The van der Waals surface area contributed by atoms with Gasteiger partial charge in [-0.2, -0.15) is 0 Å². The molecule has 1 saturated carbocycles. The molecule has 1 amide bonds. The zero-order valence-electron chi connectivity index (χ0n) is 15.1. The van der Waals surface area contributed by atoms with Gasteiger partial charge in [0.15, 0.2) is 21.9 Å². The first-order valence-corrected chi connectivity index (χ1v) is 11.0. The first kappa shape index (κ1) is 18.2. The van der Waals surface area contributed by atoms with Crippen molar-refractivity contribution in [1.29, 1.82) is 0 Å². The smallest absolute Gasteiger partial charge is 0.273 e. The van der Waals surface area contributed by atoms with E-state index < -0.39 is 9.84 Å². The van der Waals surface area contributed by atoms with E-state index in [0.29, 0.717) is 37.0 Å². The van der Waals surface area contributed by atoms with E-state index in [9.17, 15) is 13.2 Å². The summed E-state index contributed by atoms with van der Waals surface area (Å²) in [6.07, 6.45) is 3.45. The minimum atomic E-state index is -2.85. The summed E-state index contributed by atoms with van der Waals surface area (Å²) in [7, 11) is -2.85. The first-order valence-electron chi connectivity index (χ1n) is 9.22. The lowest BCUT2D eigenvalue weighted by molar-refractivity contribution is 0.0944. The van der Waals surface area contributed by atoms with Crippen molar-refractivity contribution >= 4 is 15.7 Å². The van der Waals surface area contributed by atoms with Crippen LogP contribution in [0.3, 0.4) is 0 Å². The van der Waals surface area contributed by atoms with E-state index in [4.69, 9.17) is 4.42 Å². The van der Waals surface area contributed by atoms with Gasteiger partial charge < -0.3 is 9.73 Å². The number of carbonyl (C=O) groups excluding carboxylic acids is 1. The van der Waals surface area contributed by atoms with Gasteiger partial charge in [0, 0.05) is 32.1 Å². The molecule has 2 fully saturated rings. The molecule has 2 aromatic rings. The van der Waals surface area contributed by atoms with Crippen LogP contribution in [0.2, 0.25) is 0 Å². The fourth-order valence-corrected chi connectivity index (χ4v) is 4.53. The molecule has 0 spiro atoms. The van der Waals surface area contributed by atoms with Crippen LogP contribution in [0.5, 0.6) is 0 Å². The molecule has 0 bridgehead atoms. The Morgan fingerprint density at radius 2 is 1.81 bits per heavy atom. The predicted molar refractivity (Wildman–Crippen MR) is 100 cm³/mol. The molecule has 4 rings (SSSR count). The van der Waals surface area contributed by atoms with Crippen molar-refractivity contribution in [2.24, 2.45) is 0 Å². The average Bonchev–Trinajstić information content (AvgIpc) is 3.39. The standard InChI is InChI=1S/C19H23N3O4S/c23-19(17-18(16-5-6-16)26-13-21-17)20-11-14-1-3-15(4-2-14)12-22-7-9-27(24,25)10-8-22/h1-4,13,16H,5-12H2,(H,20,23). The van der Waals surface area contributed by atoms with Gasteiger partial charge in [-0.1, -0.05) is 24.3 Å². The minimum absolute atomic E-state index is 0.204. The summed E-state index contributed by atoms with van der Waals surface area (Å²) in [6.45, 7) is 2.34. The van der Waals surface area contributed by atoms with E-state index in [-0.39, 0.29) is 17.4 Å². The fraction of sp³-hybridized carbons (Fsp3) is 0.474. The number of hydrogen-bond acceptors (Lipinski definition) is 6. The van der Waals surface area contributed by atoms with Gasteiger partial charge in [-0.3, -0.25) is 9.69 Å². The lowest BCUT2D eigenvalue weighted by Crippen LogP contribution is -2.39. The zero-order valence-corrected chi connectivity index (χ0v) is 15.9. The number of oxazole rings is 1. The minimum Gasteiger partial charge on any atom is -0.447 e. The second-order valence-corrected chi connectivity index (χ2v) is 9.57. The largest absolute Gasteiger partial charge is 0.447 e. The van der Waals surface area contributed by atoms with Gasteiger partial charge in [-0.15, -0.1) is 0 Å². The number of nitrogens with one attached hydrogen (secondary N) is 1.